The molecule has 7 nitrogen and oxygen atoms in total. The number of carbonyl (C=O) groups excluding carboxylic acids is 1. The van der Waals surface area contributed by atoms with E-state index in [0.717, 1.165) is 16.9 Å². The molecule has 0 saturated heterocycles. The number of halogens is 1. The van der Waals surface area contributed by atoms with Crippen LogP contribution in [0.3, 0.4) is 0 Å². The highest BCUT2D eigenvalue weighted by Crippen LogP contribution is 2.23. The summed E-state index contributed by atoms with van der Waals surface area (Å²) in [6.07, 6.45) is 0. The summed E-state index contributed by atoms with van der Waals surface area (Å²) >= 11 is 4.09. The molecule has 2 rings (SSSR count). The Balaban J connectivity index is 2.21. The van der Waals surface area contributed by atoms with Gasteiger partial charge in [0.2, 0.25) is 11.0 Å². The number of hydrogen-bond donors (Lipinski definition) is 2. The van der Waals surface area contributed by atoms with Gasteiger partial charge in [-0.15, -0.1) is 10.2 Å². The molecule has 0 fully saturated rings. The highest BCUT2D eigenvalue weighted by Gasteiger charge is 2.20. The first-order chi connectivity index (χ1) is 9.90. The number of carbonyl (C=O) groups is 1. The average Bonchev–Trinajstić information content (AvgIpc) is 2.87. The van der Waals surface area contributed by atoms with Gasteiger partial charge >= 0.3 is 0 Å². The van der Waals surface area contributed by atoms with Crippen LogP contribution in [0, 0.1) is 0 Å². The van der Waals surface area contributed by atoms with E-state index in [4.69, 9.17) is 0 Å². The van der Waals surface area contributed by atoms with Gasteiger partial charge in [-0.1, -0.05) is 39.4 Å². The molecule has 0 saturated carbocycles. The van der Waals surface area contributed by atoms with E-state index in [1.807, 2.05) is 6.07 Å². The van der Waals surface area contributed by atoms with Crippen LogP contribution >= 0.6 is 27.3 Å². The first-order valence-electron chi connectivity index (χ1n) is 5.69. The minimum atomic E-state index is -3.82. The fourth-order valence-electron chi connectivity index (χ4n) is 1.44. The Kier molecular flexibility index (Phi) is 4.91. The standard InChI is InChI=1S/C11H11BrN4O3S2/c1-7(17)13-10-14-15-11(20-10)21(18,19)16-9-4-2-3-8(5-9)6-12/h2-5,16H,6H2,1H3,(H,13,14,17). The van der Waals surface area contributed by atoms with Crippen LogP contribution in [0.15, 0.2) is 28.6 Å². The number of nitrogens with zero attached hydrogens (tertiary/aromatic N) is 2. The number of rotatable bonds is 5. The number of sulfonamides is 1. The van der Waals surface area contributed by atoms with E-state index in [2.05, 4.69) is 36.2 Å². The summed E-state index contributed by atoms with van der Waals surface area (Å²) in [5.41, 5.74) is 1.37. The lowest BCUT2D eigenvalue weighted by Gasteiger charge is -2.06. The third-order valence-corrected chi connectivity index (χ3v) is 5.49. The molecule has 21 heavy (non-hydrogen) atoms. The van der Waals surface area contributed by atoms with E-state index < -0.39 is 10.0 Å². The first-order valence-corrected chi connectivity index (χ1v) is 9.11. The number of benzene rings is 1. The largest absolute Gasteiger partial charge is 0.301 e. The summed E-state index contributed by atoms with van der Waals surface area (Å²) in [6.45, 7) is 1.31. The minimum Gasteiger partial charge on any atom is -0.301 e. The van der Waals surface area contributed by atoms with Crippen LogP contribution in [0.4, 0.5) is 10.8 Å². The number of anilines is 2. The van der Waals surface area contributed by atoms with Crippen molar-refractivity contribution in [1.82, 2.24) is 10.2 Å². The van der Waals surface area contributed by atoms with E-state index in [1.165, 1.54) is 6.92 Å². The van der Waals surface area contributed by atoms with Crippen LogP contribution < -0.4 is 10.0 Å². The van der Waals surface area contributed by atoms with Gasteiger partial charge in [0, 0.05) is 17.9 Å². The van der Waals surface area contributed by atoms with Crippen LogP contribution in [0.1, 0.15) is 12.5 Å². The van der Waals surface area contributed by atoms with E-state index >= 15 is 0 Å². The van der Waals surface area contributed by atoms with Crippen molar-refractivity contribution < 1.29 is 13.2 Å². The van der Waals surface area contributed by atoms with Crippen LogP contribution in [0.2, 0.25) is 0 Å². The van der Waals surface area contributed by atoms with Crippen molar-refractivity contribution in [2.24, 2.45) is 0 Å². The number of alkyl halides is 1. The van der Waals surface area contributed by atoms with Gasteiger partial charge in [-0.3, -0.25) is 9.52 Å². The molecule has 0 unspecified atom stereocenters. The maximum atomic E-state index is 12.2. The van der Waals surface area contributed by atoms with Crippen molar-refractivity contribution in [3.8, 4) is 0 Å². The van der Waals surface area contributed by atoms with Crippen molar-refractivity contribution in [3.05, 3.63) is 29.8 Å². The zero-order chi connectivity index (χ0) is 15.5. The minimum absolute atomic E-state index is 0.136. The lowest BCUT2D eigenvalue weighted by molar-refractivity contribution is -0.114. The lowest BCUT2D eigenvalue weighted by Crippen LogP contribution is -2.12. The second kappa shape index (κ2) is 6.50. The predicted molar refractivity (Wildman–Crippen MR) is 84.1 cm³/mol. The summed E-state index contributed by atoms with van der Waals surface area (Å²) in [4.78, 5) is 10.9. The maximum absolute atomic E-state index is 12.2. The topological polar surface area (TPSA) is 101 Å². The number of amides is 1. The highest BCUT2D eigenvalue weighted by molar-refractivity contribution is 9.08. The summed E-state index contributed by atoms with van der Waals surface area (Å²) in [7, 11) is -3.82. The van der Waals surface area contributed by atoms with Gasteiger partial charge in [0.1, 0.15) is 0 Å². The summed E-state index contributed by atoms with van der Waals surface area (Å²) in [6, 6.07) is 6.96. The van der Waals surface area contributed by atoms with E-state index in [1.54, 1.807) is 18.2 Å². The fourth-order valence-corrected chi connectivity index (χ4v) is 3.78. The molecule has 1 amide bonds. The second-order valence-corrected chi connectivity index (χ2v) is 7.39. The molecule has 112 valence electrons. The molecule has 10 heteroatoms. The van der Waals surface area contributed by atoms with Crippen LogP contribution in [-0.4, -0.2) is 24.5 Å². The van der Waals surface area contributed by atoms with Crippen LogP contribution in [0.5, 0.6) is 0 Å². The van der Waals surface area contributed by atoms with Crippen molar-refractivity contribution in [3.63, 3.8) is 0 Å². The third-order valence-electron chi connectivity index (χ3n) is 2.25. The van der Waals surface area contributed by atoms with Gasteiger partial charge < -0.3 is 5.32 Å². The normalized spacial score (nSPS) is 11.1. The molecule has 0 radical (unpaired) electrons. The van der Waals surface area contributed by atoms with Gasteiger partial charge in [0.25, 0.3) is 14.4 Å². The molecule has 0 aliphatic carbocycles. The van der Waals surface area contributed by atoms with Crippen LogP contribution in [0.25, 0.3) is 0 Å². The van der Waals surface area contributed by atoms with Crippen LogP contribution in [-0.2, 0) is 20.1 Å². The quantitative estimate of drug-likeness (QED) is 0.601. The van der Waals surface area contributed by atoms with Crippen molar-refractivity contribution in [1.29, 1.82) is 0 Å². The first kappa shape index (κ1) is 15.9. The van der Waals surface area contributed by atoms with Gasteiger partial charge in [-0.25, -0.2) is 0 Å². The third kappa shape index (κ3) is 4.22. The maximum Gasteiger partial charge on any atom is 0.291 e. The lowest BCUT2D eigenvalue weighted by atomic mass is 10.2. The zero-order valence-electron chi connectivity index (χ0n) is 10.8. The van der Waals surface area contributed by atoms with Gasteiger partial charge in [-0.05, 0) is 17.7 Å². The Hall–Kier alpha value is -1.52. The molecule has 2 N–H and O–H groups in total. The summed E-state index contributed by atoms with van der Waals surface area (Å²) < 4.78 is 26.6. The Morgan fingerprint density at radius 1 is 1.38 bits per heavy atom. The molecule has 1 aromatic carbocycles. The van der Waals surface area contributed by atoms with Crippen molar-refractivity contribution >= 4 is 54.0 Å². The van der Waals surface area contributed by atoms with Crippen molar-refractivity contribution in [2.45, 2.75) is 16.6 Å². The Labute approximate surface area is 134 Å². The molecule has 0 spiro atoms. The van der Waals surface area contributed by atoms with E-state index in [9.17, 15) is 13.2 Å². The molecule has 0 atom stereocenters. The van der Waals surface area contributed by atoms with Crippen molar-refractivity contribution in [2.75, 3.05) is 10.0 Å². The predicted octanol–water partition coefficient (Wildman–Crippen LogP) is 2.19. The number of aromatic nitrogens is 2. The van der Waals surface area contributed by atoms with Gasteiger partial charge in [0.05, 0.1) is 0 Å². The number of nitrogens with one attached hydrogen (secondary N) is 2. The Bertz CT molecular complexity index is 760. The fraction of sp³-hybridized carbons (Fsp3) is 0.182. The molecule has 0 bridgehead atoms. The Morgan fingerprint density at radius 3 is 2.81 bits per heavy atom. The molecule has 1 heterocycles. The average molecular weight is 391 g/mol. The second-order valence-electron chi connectivity index (χ2n) is 3.99. The molecule has 0 aliphatic heterocycles. The summed E-state index contributed by atoms with van der Waals surface area (Å²) in [5, 5.41) is 10.3. The summed E-state index contributed by atoms with van der Waals surface area (Å²) in [5.74, 6) is -0.340. The van der Waals surface area contributed by atoms with E-state index in [-0.39, 0.29) is 15.4 Å². The molecule has 2 aromatic rings. The van der Waals surface area contributed by atoms with E-state index in [0.29, 0.717) is 11.0 Å². The van der Waals surface area contributed by atoms with Gasteiger partial charge in [0.15, 0.2) is 0 Å². The van der Waals surface area contributed by atoms with Gasteiger partial charge in [-0.2, -0.15) is 8.42 Å². The Morgan fingerprint density at radius 2 is 2.14 bits per heavy atom. The smallest absolute Gasteiger partial charge is 0.291 e. The molecule has 1 aromatic heterocycles. The number of hydrogen-bond acceptors (Lipinski definition) is 6. The monoisotopic (exact) mass is 390 g/mol. The highest BCUT2D eigenvalue weighted by atomic mass is 79.9. The molecular formula is C11H11BrN4O3S2. The SMILES string of the molecule is CC(=O)Nc1nnc(S(=O)(=O)Nc2cccc(CBr)c2)s1. The molecular weight excluding hydrogens is 380 g/mol. The zero-order valence-corrected chi connectivity index (χ0v) is 14.0. The molecule has 0 aliphatic rings.